The van der Waals surface area contributed by atoms with Crippen LogP contribution >= 0.6 is 0 Å². The highest BCUT2D eigenvalue weighted by Gasteiger charge is 2.17. The summed E-state index contributed by atoms with van der Waals surface area (Å²) in [5.74, 6) is 1.11. The minimum absolute atomic E-state index is 0.198. The zero-order valence-corrected chi connectivity index (χ0v) is 14.2. The van der Waals surface area contributed by atoms with Gasteiger partial charge in [0, 0.05) is 0 Å². The summed E-state index contributed by atoms with van der Waals surface area (Å²) in [6.45, 7) is 4.81. The Hall–Kier alpha value is -2.76. The highest BCUT2D eigenvalue weighted by atomic mass is 19.1. The minimum Gasteiger partial charge on any atom is -0.486 e. The number of fused-ring (bicyclic) bond motifs is 1. The SMILES string of the molecule is CC(NC(=O)NC(C)c1ccc2c(c1)OCCO2)c1ccc(F)cc1. The van der Waals surface area contributed by atoms with Gasteiger partial charge in [0.25, 0.3) is 0 Å². The standard InChI is InChI=1S/C19H21FN2O3/c1-12(14-3-6-16(20)7-4-14)21-19(23)22-13(2)15-5-8-17-18(11-15)25-10-9-24-17/h3-8,11-13H,9-10H2,1-2H3,(H2,21,22,23). The maximum Gasteiger partial charge on any atom is 0.315 e. The predicted molar refractivity (Wildman–Crippen MR) is 92.3 cm³/mol. The molecule has 0 bridgehead atoms. The Labute approximate surface area is 146 Å². The molecule has 0 radical (unpaired) electrons. The van der Waals surface area contributed by atoms with E-state index < -0.39 is 0 Å². The molecule has 1 aliphatic heterocycles. The van der Waals surface area contributed by atoms with Crippen LogP contribution in [-0.4, -0.2) is 19.2 Å². The number of hydrogen-bond donors (Lipinski definition) is 2. The van der Waals surface area contributed by atoms with Gasteiger partial charge in [-0.3, -0.25) is 0 Å². The number of benzene rings is 2. The molecular weight excluding hydrogens is 323 g/mol. The summed E-state index contributed by atoms with van der Waals surface area (Å²) in [5, 5.41) is 5.74. The molecule has 5 nitrogen and oxygen atoms in total. The number of amides is 2. The molecule has 2 aromatic carbocycles. The van der Waals surface area contributed by atoms with Gasteiger partial charge >= 0.3 is 6.03 Å². The molecule has 0 aliphatic carbocycles. The first-order valence-corrected chi connectivity index (χ1v) is 8.25. The molecule has 2 N–H and O–H groups in total. The van der Waals surface area contributed by atoms with Crippen LogP contribution < -0.4 is 20.1 Å². The first-order valence-electron chi connectivity index (χ1n) is 8.25. The second-order valence-corrected chi connectivity index (χ2v) is 6.02. The molecule has 2 unspecified atom stereocenters. The molecule has 0 fully saturated rings. The number of ether oxygens (including phenoxy) is 2. The van der Waals surface area contributed by atoms with Crippen molar-refractivity contribution in [3.8, 4) is 11.5 Å². The van der Waals surface area contributed by atoms with E-state index in [0.29, 0.717) is 19.0 Å². The highest BCUT2D eigenvalue weighted by molar-refractivity contribution is 5.75. The maximum absolute atomic E-state index is 13.0. The van der Waals surface area contributed by atoms with Crippen LogP contribution in [0.5, 0.6) is 11.5 Å². The Bertz CT molecular complexity index is 749. The van der Waals surface area contributed by atoms with Gasteiger partial charge in [-0.05, 0) is 49.2 Å². The normalized spacial score (nSPS) is 15.2. The molecule has 2 atom stereocenters. The van der Waals surface area contributed by atoms with Gasteiger partial charge in [-0.1, -0.05) is 18.2 Å². The Kier molecular flexibility index (Phi) is 5.07. The lowest BCUT2D eigenvalue weighted by Gasteiger charge is -2.22. The highest BCUT2D eigenvalue weighted by Crippen LogP contribution is 2.32. The first-order chi connectivity index (χ1) is 12.0. The third-order valence-corrected chi connectivity index (χ3v) is 4.13. The number of carbonyl (C=O) groups excluding carboxylic acids is 1. The van der Waals surface area contributed by atoms with Crippen molar-refractivity contribution in [1.82, 2.24) is 10.6 Å². The van der Waals surface area contributed by atoms with Crippen molar-refractivity contribution < 1.29 is 18.7 Å². The number of carbonyl (C=O) groups is 1. The zero-order valence-electron chi connectivity index (χ0n) is 14.2. The summed E-state index contributed by atoms with van der Waals surface area (Å²) in [7, 11) is 0. The van der Waals surface area contributed by atoms with Crippen molar-refractivity contribution in [2.75, 3.05) is 13.2 Å². The van der Waals surface area contributed by atoms with Crippen LogP contribution in [0.25, 0.3) is 0 Å². The Balaban J connectivity index is 1.59. The van der Waals surface area contributed by atoms with Crippen LogP contribution in [0.4, 0.5) is 9.18 Å². The van der Waals surface area contributed by atoms with Gasteiger partial charge in [0.2, 0.25) is 0 Å². The lowest BCUT2D eigenvalue weighted by atomic mass is 10.1. The molecule has 0 saturated carbocycles. The second-order valence-electron chi connectivity index (χ2n) is 6.02. The van der Waals surface area contributed by atoms with Gasteiger partial charge in [0.15, 0.2) is 11.5 Å². The summed E-state index contributed by atoms with van der Waals surface area (Å²) in [6.07, 6.45) is 0. The average molecular weight is 344 g/mol. The number of rotatable bonds is 4. The summed E-state index contributed by atoms with van der Waals surface area (Å²) >= 11 is 0. The van der Waals surface area contributed by atoms with Gasteiger partial charge < -0.3 is 20.1 Å². The Morgan fingerprint density at radius 3 is 2.16 bits per heavy atom. The van der Waals surface area contributed by atoms with Gasteiger partial charge in [-0.15, -0.1) is 0 Å². The van der Waals surface area contributed by atoms with Crippen LogP contribution in [0.2, 0.25) is 0 Å². The zero-order chi connectivity index (χ0) is 17.8. The molecule has 2 amide bonds. The average Bonchev–Trinajstić information content (AvgIpc) is 2.61. The van der Waals surface area contributed by atoms with E-state index in [2.05, 4.69) is 10.6 Å². The summed E-state index contributed by atoms with van der Waals surface area (Å²) in [4.78, 5) is 12.2. The largest absolute Gasteiger partial charge is 0.486 e. The summed E-state index contributed by atoms with van der Waals surface area (Å²) in [6, 6.07) is 11.0. The molecule has 3 rings (SSSR count). The molecule has 132 valence electrons. The third kappa shape index (κ3) is 4.21. The molecule has 0 saturated heterocycles. The Morgan fingerprint density at radius 1 is 0.920 bits per heavy atom. The second kappa shape index (κ2) is 7.42. The van der Waals surface area contributed by atoms with E-state index in [1.54, 1.807) is 12.1 Å². The fourth-order valence-electron chi connectivity index (χ4n) is 2.68. The van der Waals surface area contributed by atoms with E-state index >= 15 is 0 Å². The molecule has 1 heterocycles. The lowest BCUT2D eigenvalue weighted by Crippen LogP contribution is -2.38. The molecule has 25 heavy (non-hydrogen) atoms. The van der Waals surface area contributed by atoms with Crippen molar-refractivity contribution in [1.29, 1.82) is 0 Å². The Morgan fingerprint density at radius 2 is 1.48 bits per heavy atom. The summed E-state index contributed by atoms with van der Waals surface area (Å²) < 4.78 is 24.0. The lowest BCUT2D eigenvalue weighted by molar-refractivity contribution is 0.171. The number of hydrogen-bond acceptors (Lipinski definition) is 3. The van der Waals surface area contributed by atoms with Crippen LogP contribution in [0.3, 0.4) is 0 Å². The van der Waals surface area contributed by atoms with Gasteiger partial charge in [0.1, 0.15) is 19.0 Å². The molecular formula is C19H21FN2O3. The first kappa shape index (κ1) is 17.1. The monoisotopic (exact) mass is 344 g/mol. The van der Waals surface area contributed by atoms with Crippen molar-refractivity contribution in [2.24, 2.45) is 0 Å². The van der Waals surface area contributed by atoms with E-state index in [0.717, 1.165) is 16.9 Å². The van der Waals surface area contributed by atoms with Crippen molar-refractivity contribution in [2.45, 2.75) is 25.9 Å². The number of nitrogens with one attached hydrogen (secondary N) is 2. The molecule has 0 spiro atoms. The smallest absolute Gasteiger partial charge is 0.315 e. The van der Waals surface area contributed by atoms with Crippen LogP contribution in [0.1, 0.15) is 37.1 Å². The molecule has 6 heteroatoms. The number of halogens is 1. The minimum atomic E-state index is -0.298. The van der Waals surface area contributed by atoms with E-state index in [9.17, 15) is 9.18 Å². The van der Waals surface area contributed by atoms with E-state index in [1.807, 2.05) is 32.0 Å². The van der Waals surface area contributed by atoms with E-state index in [4.69, 9.17) is 9.47 Å². The van der Waals surface area contributed by atoms with Crippen LogP contribution in [0.15, 0.2) is 42.5 Å². The van der Waals surface area contributed by atoms with Crippen molar-refractivity contribution in [3.05, 3.63) is 59.4 Å². The van der Waals surface area contributed by atoms with Crippen molar-refractivity contribution >= 4 is 6.03 Å². The molecule has 1 aliphatic rings. The predicted octanol–water partition coefficient (Wildman–Crippen LogP) is 3.72. The fourth-order valence-corrected chi connectivity index (χ4v) is 2.68. The quantitative estimate of drug-likeness (QED) is 0.889. The molecule has 2 aromatic rings. The van der Waals surface area contributed by atoms with Gasteiger partial charge in [-0.25, -0.2) is 9.18 Å². The van der Waals surface area contributed by atoms with E-state index in [-0.39, 0.29) is 23.9 Å². The van der Waals surface area contributed by atoms with Crippen LogP contribution in [-0.2, 0) is 0 Å². The molecule has 0 aromatic heterocycles. The topological polar surface area (TPSA) is 59.6 Å². The number of urea groups is 1. The van der Waals surface area contributed by atoms with E-state index in [1.165, 1.54) is 12.1 Å². The van der Waals surface area contributed by atoms with Crippen molar-refractivity contribution in [3.63, 3.8) is 0 Å². The van der Waals surface area contributed by atoms with Gasteiger partial charge in [0.05, 0.1) is 12.1 Å². The third-order valence-electron chi connectivity index (χ3n) is 4.13. The van der Waals surface area contributed by atoms with Crippen LogP contribution in [0, 0.1) is 5.82 Å². The van der Waals surface area contributed by atoms with Gasteiger partial charge in [-0.2, -0.15) is 0 Å². The maximum atomic E-state index is 13.0. The summed E-state index contributed by atoms with van der Waals surface area (Å²) in [5.41, 5.74) is 1.76. The fraction of sp³-hybridized carbons (Fsp3) is 0.316.